The van der Waals surface area contributed by atoms with Gasteiger partial charge in [-0.15, -0.1) is 0 Å². The number of aromatic amines is 1. The topological polar surface area (TPSA) is 98.3 Å². The molecule has 0 unspecified atom stereocenters. The van der Waals surface area contributed by atoms with E-state index in [-0.39, 0.29) is 18.5 Å². The Kier molecular flexibility index (Phi) is 5.19. The molecule has 21 heavy (non-hydrogen) atoms. The normalized spacial score (nSPS) is 16.6. The number of carboxylic acid groups (broad SMARTS) is 1. The van der Waals surface area contributed by atoms with Gasteiger partial charge in [0, 0.05) is 30.9 Å². The number of aromatic nitrogens is 2. The van der Waals surface area contributed by atoms with E-state index in [1.54, 1.807) is 11.1 Å². The molecule has 1 fully saturated rings. The third-order valence-electron chi connectivity index (χ3n) is 3.94. The van der Waals surface area contributed by atoms with Gasteiger partial charge in [-0.3, -0.25) is 0 Å². The Morgan fingerprint density at radius 3 is 2.76 bits per heavy atom. The Labute approximate surface area is 123 Å². The average molecular weight is 294 g/mol. The highest BCUT2D eigenvalue weighted by Gasteiger charge is 2.28. The number of carbonyl (C=O) groups excluding carboxylic acids is 1. The maximum absolute atomic E-state index is 12.3. The van der Waals surface area contributed by atoms with Crippen LogP contribution in [0.5, 0.6) is 0 Å². The molecule has 1 atom stereocenters. The number of rotatable bonds is 6. The Hall–Kier alpha value is -2.05. The Bertz CT molecular complexity index is 469. The maximum atomic E-state index is 12.3. The highest BCUT2D eigenvalue weighted by atomic mass is 16.4. The summed E-state index contributed by atoms with van der Waals surface area (Å²) in [7, 11) is 0. The highest BCUT2D eigenvalue weighted by Crippen LogP contribution is 2.23. The quantitative estimate of drug-likeness (QED) is 0.738. The molecule has 0 aliphatic heterocycles. The van der Waals surface area contributed by atoms with Crippen LogP contribution < -0.4 is 5.32 Å². The first-order valence-corrected chi connectivity index (χ1v) is 7.39. The number of hydrogen-bond acceptors (Lipinski definition) is 3. The number of urea groups is 1. The van der Waals surface area contributed by atoms with Crippen LogP contribution in [0.3, 0.4) is 0 Å². The van der Waals surface area contributed by atoms with Crippen LogP contribution in [0.1, 0.15) is 38.3 Å². The van der Waals surface area contributed by atoms with Crippen molar-refractivity contribution in [3.8, 4) is 0 Å². The van der Waals surface area contributed by atoms with Crippen molar-refractivity contribution >= 4 is 12.0 Å². The van der Waals surface area contributed by atoms with Crippen LogP contribution in [-0.4, -0.2) is 50.6 Å². The summed E-state index contributed by atoms with van der Waals surface area (Å²) in [5.41, 5.74) is 0.687. The zero-order valence-electron chi connectivity index (χ0n) is 12.2. The Morgan fingerprint density at radius 1 is 1.52 bits per heavy atom. The molecule has 0 aromatic carbocycles. The van der Waals surface area contributed by atoms with Crippen LogP contribution >= 0.6 is 0 Å². The van der Waals surface area contributed by atoms with Gasteiger partial charge in [-0.25, -0.2) is 14.6 Å². The number of carbonyl (C=O) groups is 2. The first-order valence-electron chi connectivity index (χ1n) is 7.39. The van der Waals surface area contributed by atoms with Gasteiger partial charge < -0.3 is 20.3 Å². The lowest BCUT2D eigenvalue weighted by Crippen LogP contribution is -2.51. The van der Waals surface area contributed by atoms with Crippen molar-refractivity contribution in [3.05, 3.63) is 18.2 Å². The third-order valence-corrected chi connectivity index (χ3v) is 3.94. The van der Waals surface area contributed by atoms with Gasteiger partial charge >= 0.3 is 12.0 Å². The molecule has 1 aromatic heterocycles. The molecule has 1 aliphatic carbocycles. The molecule has 7 nitrogen and oxygen atoms in total. The van der Waals surface area contributed by atoms with Crippen molar-refractivity contribution < 1.29 is 14.7 Å². The van der Waals surface area contributed by atoms with E-state index in [0.717, 1.165) is 25.7 Å². The number of amides is 2. The van der Waals surface area contributed by atoms with Gasteiger partial charge in [0.2, 0.25) is 0 Å². The first kappa shape index (κ1) is 15.3. The molecule has 1 aromatic rings. The van der Waals surface area contributed by atoms with E-state index in [2.05, 4.69) is 15.3 Å². The van der Waals surface area contributed by atoms with E-state index in [1.807, 2.05) is 6.92 Å². The number of carboxylic acids is 1. The van der Waals surface area contributed by atoms with Crippen molar-refractivity contribution in [3.63, 3.8) is 0 Å². The maximum Gasteiger partial charge on any atom is 0.326 e. The zero-order chi connectivity index (χ0) is 15.2. The molecule has 1 heterocycles. The van der Waals surface area contributed by atoms with Crippen LogP contribution in [0.4, 0.5) is 4.79 Å². The monoisotopic (exact) mass is 294 g/mol. The molecule has 116 valence electrons. The number of H-pyrrole nitrogens is 1. The Morgan fingerprint density at radius 2 is 2.24 bits per heavy atom. The second-order valence-corrected chi connectivity index (χ2v) is 5.35. The number of nitrogens with one attached hydrogen (secondary N) is 2. The molecule has 1 saturated carbocycles. The standard InChI is InChI=1S/C14H22N4O3/c1-2-18(11-5-3-4-6-11)14(21)17-12(13(19)20)7-10-8-15-9-16-10/h8-9,11-12H,2-7H2,1H3,(H,15,16)(H,17,21)(H,19,20)/t12-/m0/s1. The van der Waals surface area contributed by atoms with E-state index in [0.29, 0.717) is 12.2 Å². The summed E-state index contributed by atoms with van der Waals surface area (Å²) in [5, 5.41) is 11.9. The van der Waals surface area contributed by atoms with E-state index < -0.39 is 12.0 Å². The summed E-state index contributed by atoms with van der Waals surface area (Å²) in [6.07, 6.45) is 7.52. The molecule has 0 radical (unpaired) electrons. The summed E-state index contributed by atoms with van der Waals surface area (Å²) >= 11 is 0. The summed E-state index contributed by atoms with van der Waals surface area (Å²) in [5.74, 6) is -1.04. The van der Waals surface area contributed by atoms with Crippen molar-refractivity contribution in [1.82, 2.24) is 20.2 Å². The Balaban J connectivity index is 1.97. The summed E-state index contributed by atoms with van der Waals surface area (Å²) in [4.78, 5) is 32.1. The number of hydrogen-bond donors (Lipinski definition) is 3. The SMILES string of the molecule is CCN(C(=O)N[C@@H](Cc1cnc[nH]1)C(=O)O)C1CCCC1. The minimum Gasteiger partial charge on any atom is -0.480 e. The molecular formula is C14H22N4O3. The van der Waals surface area contributed by atoms with Crippen LogP contribution in [0.25, 0.3) is 0 Å². The fourth-order valence-corrected chi connectivity index (χ4v) is 2.83. The van der Waals surface area contributed by atoms with Gasteiger partial charge in [0.25, 0.3) is 0 Å². The van der Waals surface area contributed by atoms with Gasteiger partial charge in [-0.1, -0.05) is 12.8 Å². The molecule has 2 amide bonds. The smallest absolute Gasteiger partial charge is 0.326 e. The minimum absolute atomic E-state index is 0.198. The van der Waals surface area contributed by atoms with Crippen LogP contribution in [-0.2, 0) is 11.2 Å². The zero-order valence-corrected chi connectivity index (χ0v) is 12.2. The minimum atomic E-state index is -1.04. The van der Waals surface area contributed by atoms with Crippen molar-refractivity contribution in [1.29, 1.82) is 0 Å². The highest BCUT2D eigenvalue weighted by molar-refractivity contribution is 5.83. The summed E-state index contributed by atoms with van der Waals surface area (Å²) < 4.78 is 0. The molecule has 0 spiro atoms. The fraction of sp³-hybridized carbons (Fsp3) is 0.643. The third kappa shape index (κ3) is 3.96. The molecule has 7 heteroatoms. The molecule has 3 N–H and O–H groups in total. The number of imidazole rings is 1. The van der Waals surface area contributed by atoms with Crippen LogP contribution in [0, 0.1) is 0 Å². The number of nitrogens with zero attached hydrogens (tertiary/aromatic N) is 2. The lowest BCUT2D eigenvalue weighted by molar-refractivity contribution is -0.139. The molecule has 0 saturated heterocycles. The van der Waals surface area contributed by atoms with E-state index in [9.17, 15) is 14.7 Å². The second-order valence-electron chi connectivity index (χ2n) is 5.35. The van der Waals surface area contributed by atoms with Gasteiger partial charge in [0.1, 0.15) is 6.04 Å². The van der Waals surface area contributed by atoms with E-state index in [4.69, 9.17) is 0 Å². The lowest BCUT2D eigenvalue weighted by Gasteiger charge is -2.29. The fourth-order valence-electron chi connectivity index (χ4n) is 2.83. The average Bonchev–Trinajstić information content (AvgIpc) is 3.11. The van der Waals surface area contributed by atoms with Gasteiger partial charge in [-0.05, 0) is 19.8 Å². The predicted molar refractivity (Wildman–Crippen MR) is 76.9 cm³/mol. The van der Waals surface area contributed by atoms with Crippen LogP contribution in [0.15, 0.2) is 12.5 Å². The summed E-state index contributed by atoms with van der Waals surface area (Å²) in [6.45, 7) is 2.51. The molecule has 0 bridgehead atoms. The second kappa shape index (κ2) is 7.10. The summed E-state index contributed by atoms with van der Waals surface area (Å²) in [6, 6.07) is -1.01. The number of aliphatic carboxylic acids is 1. The first-order chi connectivity index (χ1) is 10.1. The largest absolute Gasteiger partial charge is 0.480 e. The van der Waals surface area contributed by atoms with Crippen molar-refractivity contribution in [2.45, 2.75) is 51.1 Å². The molecule has 1 aliphatic rings. The molecular weight excluding hydrogens is 272 g/mol. The van der Waals surface area contributed by atoms with E-state index in [1.165, 1.54) is 6.33 Å². The van der Waals surface area contributed by atoms with Crippen LogP contribution in [0.2, 0.25) is 0 Å². The van der Waals surface area contributed by atoms with Gasteiger partial charge in [0.15, 0.2) is 0 Å². The van der Waals surface area contributed by atoms with Gasteiger partial charge in [0.05, 0.1) is 6.33 Å². The van der Waals surface area contributed by atoms with Crippen molar-refractivity contribution in [2.24, 2.45) is 0 Å². The predicted octanol–water partition coefficient (Wildman–Crippen LogP) is 1.38. The van der Waals surface area contributed by atoms with Gasteiger partial charge in [-0.2, -0.15) is 0 Å². The van der Waals surface area contributed by atoms with E-state index >= 15 is 0 Å². The lowest BCUT2D eigenvalue weighted by atomic mass is 10.1. The van der Waals surface area contributed by atoms with Crippen molar-refractivity contribution in [2.75, 3.05) is 6.54 Å². The molecule has 2 rings (SSSR count).